The summed E-state index contributed by atoms with van der Waals surface area (Å²) in [5.41, 5.74) is 3.62. The fraction of sp³-hybridized carbons (Fsp3) is 0.435. The first-order valence-electron chi connectivity index (χ1n) is 10.2. The number of aromatic nitrogens is 3. The highest BCUT2D eigenvalue weighted by Crippen LogP contribution is 2.40. The van der Waals surface area contributed by atoms with Crippen LogP contribution in [0.3, 0.4) is 0 Å². The van der Waals surface area contributed by atoms with Crippen molar-refractivity contribution >= 4 is 12.2 Å². The molecule has 4 rings (SSSR count). The molecule has 1 saturated carbocycles. The molecule has 2 aromatic rings. The van der Waals surface area contributed by atoms with Gasteiger partial charge in [-0.2, -0.15) is 0 Å². The van der Waals surface area contributed by atoms with E-state index in [9.17, 15) is 4.79 Å². The zero-order valence-electron chi connectivity index (χ0n) is 16.3. The van der Waals surface area contributed by atoms with Crippen LogP contribution in [0, 0.1) is 23.5 Å². The molecule has 2 heterocycles. The average molecular weight is 394 g/mol. The van der Waals surface area contributed by atoms with Crippen molar-refractivity contribution in [3.05, 3.63) is 80.3 Å². The number of nitrogens with zero attached hydrogens (tertiary/aromatic N) is 1. The lowest BCUT2D eigenvalue weighted by molar-refractivity contribution is 0.262. The molecule has 2 aliphatic carbocycles. The topological polar surface area (TPSA) is 61.5 Å². The lowest BCUT2D eigenvalue weighted by Gasteiger charge is -2.33. The summed E-state index contributed by atoms with van der Waals surface area (Å²) in [5, 5.41) is 0. The number of allylic oxidation sites excluding steroid dienone is 4. The molecule has 0 bridgehead atoms. The summed E-state index contributed by atoms with van der Waals surface area (Å²) in [7, 11) is 0. The average Bonchev–Trinajstić information content (AvgIpc) is 2.71. The molecule has 0 aliphatic heterocycles. The van der Waals surface area contributed by atoms with Crippen molar-refractivity contribution in [2.24, 2.45) is 11.8 Å². The Bertz CT molecular complexity index is 1010. The number of nitrogens with one attached hydrogen (secondary N) is 2. The summed E-state index contributed by atoms with van der Waals surface area (Å²) in [6.07, 6.45) is 15.2. The van der Waals surface area contributed by atoms with Crippen LogP contribution in [0.15, 0.2) is 47.3 Å². The van der Waals surface area contributed by atoms with Gasteiger partial charge < -0.3 is 4.98 Å². The van der Waals surface area contributed by atoms with Gasteiger partial charge in [0.25, 0.3) is 5.56 Å². The molecule has 1 unspecified atom stereocenters. The fourth-order valence-electron chi connectivity index (χ4n) is 4.72. The molecule has 1 fully saturated rings. The van der Waals surface area contributed by atoms with E-state index in [0.717, 1.165) is 47.8 Å². The molecule has 28 heavy (non-hydrogen) atoms. The minimum atomic E-state index is -0.0791. The van der Waals surface area contributed by atoms with Gasteiger partial charge >= 0.3 is 0 Å². The highest BCUT2D eigenvalue weighted by molar-refractivity contribution is 7.71. The Labute approximate surface area is 170 Å². The molecule has 5 heteroatoms. The van der Waals surface area contributed by atoms with Gasteiger partial charge in [-0.15, -0.1) is 0 Å². The lowest BCUT2D eigenvalue weighted by atomic mass is 9.72. The molecular formula is C23H27N3OS. The zero-order chi connectivity index (χ0) is 19.5. The Kier molecular flexibility index (Phi) is 5.72. The normalized spacial score (nSPS) is 24.4. The maximum absolute atomic E-state index is 12.7. The summed E-state index contributed by atoms with van der Waals surface area (Å²) < 4.78 is 0.420. The number of aromatic amines is 2. The predicted molar refractivity (Wildman–Crippen MR) is 115 cm³/mol. The largest absolute Gasteiger partial charge is 0.335 e. The van der Waals surface area contributed by atoms with Crippen molar-refractivity contribution in [2.75, 3.05) is 0 Å². The van der Waals surface area contributed by atoms with Crippen LogP contribution in [-0.4, -0.2) is 15.0 Å². The SMILES string of the molecule is Cc1cccc(Cc2c(=O)[nH]c(=S)[nH]c2[C@H]2CC[C@H](C3C=CC=CC3)CC2)n1. The molecule has 0 spiro atoms. The van der Waals surface area contributed by atoms with Crippen molar-refractivity contribution in [1.82, 2.24) is 15.0 Å². The molecule has 2 aliphatic rings. The maximum Gasteiger partial charge on any atom is 0.255 e. The van der Waals surface area contributed by atoms with Gasteiger partial charge in [-0.25, -0.2) is 0 Å². The monoisotopic (exact) mass is 393 g/mol. The second-order valence-electron chi connectivity index (χ2n) is 8.07. The second-order valence-corrected chi connectivity index (χ2v) is 8.48. The summed E-state index contributed by atoms with van der Waals surface area (Å²) in [4.78, 5) is 23.4. The van der Waals surface area contributed by atoms with Gasteiger partial charge in [0.05, 0.1) is 0 Å². The van der Waals surface area contributed by atoms with Crippen LogP contribution < -0.4 is 5.56 Å². The number of H-pyrrole nitrogens is 2. The van der Waals surface area contributed by atoms with Crippen molar-refractivity contribution in [2.45, 2.75) is 51.4 Å². The highest BCUT2D eigenvalue weighted by atomic mass is 32.1. The van der Waals surface area contributed by atoms with E-state index in [1.165, 1.54) is 12.8 Å². The Morgan fingerprint density at radius 3 is 2.68 bits per heavy atom. The standard InChI is InChI=1S/C23H27N3OS/c1-15-6-5-9-19(24-15)14-20-21(25-23(28)26-22(20)27)18-12-10-17(11-13-18)16-7-3-2-4-8-16/h2-7,9,16-18H,8,10-14H2,1H3,(H2,25,26,27,28)/t16?,17-,18-. The number of hydrogen-bond donors (Lipinski definition) is 2. The Morgan fingerprint density at radius 2 is 1.96 bits per heavy atom. The van der Waals surface area contributed by atoms with E-state index in [1.807, 2.05) is 25.1 Å². The van der Waals surface area contributed by atoms with Crippen LogP contribution >= 0.6 is 12.2 Å². The maximum atomic E-state index is 12.7. The zero-order valence-corrected chi connectivity index (χ0v) is 17.1. The van der Waals surface area contributed by atoms with Crippen LogP contribution in [0.2, 0.25) is 0 Å². The third kappa shape index (κ3) is 4.25. The van der Waals surface area contributed by atoms with E-state index in [4.69, 9.17) is 12.2 Å². The summed E-state index contributed by atoms with van der Waals surface area (Å²) in [6.45, 7) is 1.98. The molecule has 2 N–H and O–H groups in total. The van der Waals surface area contributed by atoms with E-state index in [2.05, 4.69) is 39.3 Å². The third-order valence-electron chi connectivity index (χ3n) is 6.18. The summed E-state index contributed by atoms with van der Waals surface area (Å²) >= 11 is 5.28. The minimum Gasteiger partial charge on any atom is -0.335 e. The molecule has 2 aromatic heterocycles. The number of rotatable bonds is 4. The summed E-state index contributed by atoms with van der Waals surface area (Å²) in [5.74, 6) is 1.77. The molecule has 0 saturated heterocycles. The molecular weight excluding hydrogens is 366 g/mol. The van der Waals surface area contributed by atoms with Gasteiger partial charge in [0.15, 0.2) is 4.77 Å². The van der Waals surface area contributed by atoms with Crippen molar-refractivity contribution < 1.29 is 0 Å². The highest BCUT2D eigenvalue weighted by Gasteiger charge is 2.29. The van der Waals surface area contributed by atoms with E-state index in [1.54, 1.807) is 0 Å². The van der Waals surface area contributed by atoms with Gasteiger partial charge in [0, 0.05) is 29.1 Å². The van der Waals surface area contributed by atoms with Crippen LogP contribution in [-0.2, 0) is 6.42 Å². The Morgan fingerprint density at radius 1 is 1.14 bits per heavy atom. The van der Waals surface area contributed by atoms with Gasteiger partial charge in [0.2, 0.25) is 0 Å². The van der Waals surface area contributed by atoms with Gasteiger partial charge in [-0.1, -0.05) is 30.4 Å². The molecule has 0 amide bonds. The first-order valence-corrected chi connectivity index (χ1v) is 10.6. The van der Waals surface area contributed by atoms with E-state index < -0.39 is 0 Å². The van der Waals surface area contributed by atoms with Gasteiger partial charge in [0.1, 0.15) is 0 Å². The van der Waals surface area contributed by atoms with Crippen LogP contribution in [0.4, 0.5) is 0 Å². The molecule has 0 radical (unpaired) electrons. The Balaban J connectivity index is 1.56. The van der Waals surface area contributed by atoms with Crippen molar-refractivity contribution in [3.8, 4) is 0 Å². The third-order valence-corrected chi connectivity index (χ3v) is 6.38. The van der Waals surface area contributed by atoms with E-state index >= 15 is 0 Å². The molecule has 4 nitrogen and oxygen atoms in total. The van der Waals surface area contributed by atoms with E-state index in [0.29, 0.717) is 23.0 Å². The van der Waals surface area contributed by atoms with E-state index in [-0.39, 0.29) is 5.56 Å². The van der Waals surface area contributed by atoms with Crippen LogP contribution in [0.5, 0.6) is 0 Å². The quantitative estimate of drug-likeness (QED) is 0.708. The number of pyridine rings is 1. The molecule has 146 valence electrons. The minimum absolute atomic E-state index is 0.0791. The first-order chi connectivity index (χ1) is 13.6. The van der Waals surface area contributed by atoms with Crippen molar-refractivity contribution in [1.29, 1.82) is 0 Å². The smallest absolute Gasteiger partial charge is 0.255 e. The first kappa shape index (κ1) is 19.1. The van der Waals surface area contributed by atoms with Crippen LogP contribution in [0.25, 0.3) is 0 Å². The van der Waals surface area contributed by atoms with Gasteiger partial charge in [-0.05, 0) is 81.1 Å². The van der Waals surface area contributed by atoms with Crippen LogP contribution in [0.1, 0.15) is 60.7 Å². The number of hydrogen-bond acceptors (Lipinski definition) is 3. The van der Waals surface area contributed by atoms with Crippen molar-refractivity contribution in [3.63, 3.8) is 0 Å². The second kappa shape index (κ2) is 8.39. The predicted octanol–water partition coefficient (Wildman–Crippen LogP) is 5.13. The molecule has 1 atom stereocenters. The number of aryl methyl sites for hydroxylation is 1. The molecule has 0 aromatic carbocycles. The summed E-state index contributed by atoms with van der Waals surface area (Å²) in [6, 6.07) is 5.95. The Hall–Kier alpha value is -2.27. The fourth-order valence-corrected chi connectivity index (χ4v) is 4.92. The van der Waals surface area contributed by atoms with Gasteiger partial charge in [-0.3, -0.25) is 14.8 Å². The lowest BCUT2D eigenvalue weighted by Crippen LogP contribution is -2.25.